The number of rotatable bonds is 7. The van der Waals surface area contributed by atoms with Crippen LogP contribution in [0.25, 0.3) is 0 Å². The van der Waals surface area contributed by atoms with Crippen LogP contribution < -0.4 is 10.6 Å². The smallest absolute Gasteiger partial charge is 0.0701 e. The summed E-state index contributed by atoms with van der Waals surface area (Å²) in [5.41, 5.74) is 0.219. The molecule has 1 heterocycles. The van der Waals surface area contributed by atoms with E-state index in [0.29, 0.717) is 0 Å². The minimum Gasteiger partial charge on any atom is -0.315 e. The predicted octanol–water partition coefficient (Wildman–Crippen LogP) is 3.13. The number of hydrogen-bond acceptors (Lipinski definition) is 3. The summed E-state index contributed by atoms with van der Waals surface area (Å²) in [5.74, 6) is 0. The van der Waals surface area contributed by atoms with E-state index in [1.54, 1.807) is 0 Å². The zero-order valence-corrected chi connectivity index (χ0v) is 13.0. The van der Waals surface area contributed by atoms with Crippen LogP contribution in [-0.2, 0) is 5.41 Å². The molecule has 0 atom stereocenters. The van der Waals surface area contributed by atoms with Crippen LogP contribution in [0.2, 0.25) is 0 Å². The molecule has 2 N–H and O–H groups in total. The maximum Gasteiger partial charge on any atom is 0.0701 e. The highest BCUT2D eigenvalue weighted by Crippen LogP contribution is 2.32. The summed E-state index contributed by atoms with van der Waals surface area (Å²) >= 11 is 5.36. The number of thiophene rings is 1. The normalized spacial score (nSPS) is 16.4. The van der Waals surface area contributed by atoms with Crippen LogP contribution in [0.3, 0.4) is 0 Å². The summed E-state index contributed by atoms with van der Waals surface area (Å²) < 4.78 is 1.22. The van der Waals surface area contributed by atoms with Crippen LogP contribution in [0.1, 0.15) is 31.6 Å². The lowest BCUT2D eigenvalue weighted by molar-refractivity contribution is 0.471. The molecule has 0 amide bonds. The van der Waals surface area contributed by atoms with Crippen LogP contribution in [0.5, 0.6) is 0 Å². The lowest BCUT2D eigenvalue weighted by Crippen LogP contribution is -2.36. The number of hydrogen-bond donors (Lipinski definition) is 2. The molecular weight excluding hydrogens is 296 g/mol. The molecule has 1 aliphatic rings. The lowest BCUT2D eigenvalue weighted by Gasteiger charge is -2.23. The van der Waals surface area contributed by atoms with Gasteiger partial charge >= 0.3 is 0 Å². The van der Waals surface area contributed by atoms with Crippen molar-refractivity contribution in [2.45, 2.75) is 38.1 Å². The second-order valence-corrected chi connectivity index (χ2v) is 7.86. The monoisotopic (exact) mass is 316 g/mol. The van der Waals surface area contributed by atoms with Crippen molar-refractivity contribution in [3.8, 4) is 0 Å². The van der Waals surface area contributed by atoms with Crippen molar-refractivity contribution < 1.29 is 0 Å². The van der Waals surface area contributed by atoms with Gasteiger partial charge in [-0.2, -0.15) is 0 Å². The first-order valence-corrected chi connectivity index (χ1v) is 7.89. The molecule has 1 aromatic heterocycles. The molecule has 2 rings (SSSR count). The first kappa shape index (κ1) is 13.5. The van der Waals surface area contributed by atoms with Crippen LogP contribution in [-0.4, -0.2) is 25.7 Å². The summed E-state index contributed by atoms with van der Waals surface area (Å²) in [6, 6.07) is 5.17. The van der Waals surface area contributed by atoms with Gasteiger partial charge in [0.2, 0.25) is 0 Å². The van der Waals surface area contributed by atoms with Gasteiger partial charge in [0.15, 0.2) is 0 Å². The van der Waals surface area contributed by atoms with Gasteiger partial charge in [-0.05, 0) is 40.9 Å². The average Bonchev–Trinajstić information content (AvgIpc) is 2.98. The van der Waals surface area contributed by atoms with Crippen molar-refractivity contribution in [1.82, 2.24) is 10.6 Å². The quantitative estimate of drug-likeness (QED) is 0.755. The van der Waals surface area contributed by atoms with Crippen LogP contribution in [0, 0.1) is 0 Å². The van der Waals surface area contributed by atoms with Gasteiger partial charge in [-0.25, -0.2) is 0 Å². The van der Waals surface area contributed by atoms with Crippen molar-refractivity contribution in [3.05, 3.63) is 20.8 Å². The molecule has 1 aromatic rings. The van der Waals surface area contributed by atoms with E-state index >= 15 is 0 Å². The highest BCUT2D eigenvalue weighted by atomic mass is 79.9. The molecule has 1 aliphatic carbocycles. The fraction of sp³-hybridized carbons (Fsp3) is 0.692. The van der Waals surface area contributed by atoms with Crippen molar-refractivity contribution >= 4 is 27.3 Å². The lowest BCUT2D eigenvalue weighted by atomic mass is 9.91. The fourth-order valence-electron chi connectivity index (χ4n) is 1.82. The van der Waals surface area contributed by atoms with Crippen molar-refractivity contribution in [1.29, 1.82) is 0 Å². The third kappa shape index (κ3) is 4.36. The van der Waals surface area contributed by atoms with E-state index in [1.807, 2.05) is 11.3 Å². The van der Waals surface area contributed by atoms with Gasteiger partial charge in [-0.15, -0.1) is 11.3 Å². The molecule has 17 heavy (non-hydrogen) atoms. The molecule has 0 saturated heterocycles. The topological polar surface area (TPSA) is 24.1 Å². The molecule has 0 aliphatic heterocycles. The van der Waals surface area contributed by atoms with Gasteiger partial charge in [0.1, 0.15) is 0 Å². The maximum absolute atomic E-state index is 3.55. The van der Waals surface area contributed by atoms with Crippen molar-refractivity contribution in [3.63, 3.8) is 0 Å². The molecule has 2 nitrogen and oxygen atoms in total. The molecule has 1 saturated carbocycles. The summed E-state index contributed by atoms with van der Waals surface area (Å²) in [7, 11) is 0. The van der Waals surface area contributed by atoms with E-state index in [4.69, 9.17) is 0 Å². The fourth-order valence-corrected chi connectivity index (χ4v) is 3.30. The van der Waals surface area contributed by atoms with E-state index in [2.05, 4.69) is 52.5 Å². The average molecular weight is 317 g/mol. The van der Waals surface area contributed by atoms with E-state index < -0.39 is 0 Å². The minimum absolute atomic E-state index is 0.219. The Labute approximate surface area is 116 Å². The van der Waals surface area contributed by atoms with Crippen molar-refractivity contribution in [2.75, 3.05) is 19.6 Å². The number of nitrogens with one attached hydrogen (secondary N) is 2. The largest absolute Gasteiger partial charge is 0.315 e. The Balaban J connectivity index is 1.68. The maximum atomic E-state index is 3.55. The van der Waals surface area contributed by atoms with Gasteiger partial charge < -0.3 is 10.6 Å². The Hall–Kier alpha value is 0.1000. The van der Waals surface area contributed by atoms with Gasteiger partial charge in [0.05, 0.1) is 3.79 Å². The summed E-state index contributed by atoms with van der Waals surface area (Å²) in [6.07, 6.45) is 2.74. The zero-order valence-electron chi connectivity index (χ0n) is 10.6. The summed E-state index contributed by atoms with van der Waals surface area (Å²) in [5, 5.41) is 7.06. The Morgan fingerprint density at radius 3 is 2.71 bits per heavy atom. The van der Waals surface area contributed by atoms with Crippen molar-refractivity contribution in [2.24, 2.45) is 0 Å². The Bertz CT molecular complexity index is 358. The van der Waals surface area contributed by atoms with E-state index in [1.165, 1.54) is 21.5 Å². The first-order chi connectivity index (χ1) is 8.08. The number of halogens is 1. The van der Waals surface area contributed by atoms with Crippen LogP contribution in [0.4, 0.5) is 0 Å². The molecule has 0 radical (unpaired) electrons. The SMILES string of the molecule is CC(C)(CNCCNC1CC1)c1ccc(Br)s1. The highest BCUT2D eigenvalue weighted by molar-refractivity contribution is 9.11. The zero-order chi connectivity index (χ0) is 12.3. The summed E-state index contributed by atoms with van der Waals surface area (Å²) in [6.45, 7) is 7.78. The van der Waals surface area contributed by atoms with Gasteiger partial charge in [-0.3, -0.25) is 0 Å². The Kier molecular flexibility index (Phi) is 4.64. The third-order valence-corrected chi connectivity index (χ3v) is 5.11. The molecule has 0 unspecified atom stereocenters. The minimum atomic E-state index is 0.219. The Morgan fingerprint density at radius 2 is 2.12 bits per heavy atom. The molecule has 0 aromatic carbocycles. The molecule has 0 spiro atoms. The first-order valence-electron chi connectivity index (χ1n) is 6.28. The summed E-state index contributed by atoms with van der Waals surface area (Å²) in [4.78, 5) is 1.44. The molecule has 0 bridgehead atoms. The van der Waals surface area contributed by atoms with Crippen LogP contribution >= 0.6 is 27.3 Å². The molecule has 96 valence electrons. The highest BCUT2D eigenvalue weighted by Gasteiger charge is 2.22. The third-order valence-electron chi connectivity index (χ3n) is 3.12. The second kappa shape index (κ2) is 5.83. The van der Waals surface area contributed by atoms with Gasteiger partial charge in [0, 0.05) is 36.0 Å². The van der Waals surface area contributed by atoms with Gasteiger partial charge in [-0.1, -0.05) is 13.8 Å². The van der Waals surface area contributed by atoms with E-state index in [-0.39, 0.29) is 5.41 Å². The molecule has 4 heteroatoms. The molecular formula is C13H21BrN2S. The second-order valence-electron chi connectivity index (χ2n) is 5.39. The predicted molar refractivity (Wildman–Crippen MR) is 78.9 cm³/mol. The van der Waals surface area contributed by atoms with Gasteiger partial charge in [0.25, 0.3) is 0 Å². The van der Waals surface area contributed by atoms with E-state index in [9.17, 15) is 0 Å². The Morgan fingerprint density at radius 1 is 1.35 bits per heavy atom. The standard InChI is InChI=1S/C13H21BrN2S/c1-13(2,11-5-6-12(14)17-11)9-15-7-8-16-10-3-4-10/h5-6,10,15-16H,3-4,7-9H2,1-2H3. The van der Waals surface area contributed by atoms with E-state index in [0.717, 1.165) is 25.7 Å². The molecule has 1 fully saturated rings. The van der Waals surface area contributed by atoms with Crippen LogP contribution in [0.15, 0.2) is 15.9 Å².